The predicted octanol–water partition coefficient (Wildman–Crippen LogP) is 1.20. The molecule has 0 spiro atoms. The molecule has 0 aromatic rings. The normalized spacial score (nSPS) is 26.3. The van der Waals surface area contributed by atoms with E-state index in [0.29, 0.717) is 6.42 Å². The van der Waals surface area contributed by atoms with Crippen LogP contribution in [0, 0.1) is 0 Å². The highest BCUT2D eigenvalue weighted by Crippen LogP contribution is 2.14. The van der Waals surface area contributed by atoms with Gasteiger partial charge < -0.3 is 9.47 Å². The third-order valence-electron chi connectivity index (χ3n) is 1.87. The fourth-order valence-corrected chi connectivity index (χ4v) is 1.26. The molecule has 14 heavy (non-hydrogen) atoms. The van der Waals surface area contributed by atoms with Crippen molar-refractivity contribution < 1.29 is 19.1 Å². The van der Waals surface area contributed by atoms with Crippen LogP contribution in [-0.2, 0) is 19.1 Å². The topological polar surface area (TPSA) is 52.6 Å². The van der Waals surface area contributed by atoms with Crippen molar-refractivity contribution in [1.29, 1.82) is 0 Å². The Labute approximate surface area is 82.9 Å². The first-order valence-electron chi connectivity index (χ1n) is 4.68. The molecule has 0 saturated heterocycles. The Morgan fingerprint density at radius 2 is 2.36 bits per heavy atom. The molecular weight excluding hydrogens is 184 g/mol. The molecule has 4 heteroatoms. The van der Waals surface area contributed by atoms with Gasteiger partial charge in [-0.2, -0.15) is 0 Å². The lowest BCUT2D eigenvalue weighted by molar-refractivity contribution is -0.180. The molecule has 0 saturated carbocycles. The number of carbonyl (C=O) groups is 2. The van der Waals surface area contributed by atoms with Crippen LogP contribution in [-0.4, -0.2) is 24.1 Å². The highest BCUT2D eigenvalue weighted by Gasteiger charge is 2.25. The van der Waals surface area contributed by atoms with Crippen molar-refractivity contribution in [2.45, 2.75) is 39.1 Å². The van der Waals surface area contributed by atoms with E-state index in [1.54, 1.807) is 0 Å². The molecule has 0 aliphatic carbocycles. The summed E-state index contributed by atoms with van der Waals surface area (Å²) in [6.07, 6.45) is 3.21. The summed E-state index contributed by atoms with van der Waals surface area (Å²) in [7, 11) is 0. The first-order valence-corrected chi connectivity index (χ1v) is 4.68. The second-order valence-corrected chi connectivity index (χ2v) is 3.15. The largest absolute Gasteiger partial charge is 0.432 e. The molecule has 4 nitrogen and oxygen atoms in total. The van der Waals surface area contributed by atoms with Gasteiger partial charge in [-0.15, -0.1) is 0 Å². The number of carbonyl (C=O) groups excluding carboxylic acids is 2. The summed E-state index contributed by atoms with van der Waals surface area (Å²) in [5.41, 5.74) is 0. The molecule has 1 aliphatic rings. The maximum Gasteiger partial charge on any atom is 0.305 e. The zero-order chi connectivity index (χ0) is 10.6. The minimum Gasteiger partial charge on any atom is -0.432 e. The van der Waals surface area contributed by atoms with Gasteiger partial charge in [-0.3, -0.25) is 9.59 Å². The lowest BCUT2D eigenvalue weighted by Gasteiger charge is -2.23. The average molecular weight is 198 g/mol. The van der Waals surface area contributed by atoms with E-state index in [1.165, 1.54) is 19.1 Å². The summed E-state index contributed by atoms with van der Waals surface area (Å²) in [5.74, 6) is -0.473. The predicted molar refractivity (Wildman–Crippen MR) is 49.5 cm³/mol. The Morgan fingerprint density at radius 3 is 2.93 bits per heavy atom. The number of rotatable bonds is 3. The van der Waals surface area contributed by atoms with E-state index >= 15 is 0 Å². The van der Waals surface area contributed by atoms with Crippen LogP contribution in [0.4, 0.5) is 0 Å². The van der Waals surface area contributed by atoms with Gasteiger partial charge in [0, 0.05) is 6.92 Å². The fourth-order valence-electron chi connectivity index (χ4n) is 1.26. The van der Waals surface area contributed by atoms with Gasteiger partial charge >= 0.3 is 5.97 Å². The molecule has 0 amide bonds. The van der Waals surface area contributed by atoms with Gasteiger partial charge in [-0.25, -0.2) is 0 Å². The van der Waals surface area contributed by atoms with E-state index in [0.717, 1.165) is 6.42 Å². The Kier molecular flexibility index (Phi) is 3.83. The SMILES string of the molecule is CCC[C@H]1O[C@H](OC(C)=O)C=CC1=O. The molecule has 0 aromatic carbocycles. The van der Waals surface area contributed by atoms with Gasteiger partial charge in [0.05, 0.1) is 0 Å². The van der Waals surface area contributed by atoms with E-state index in [-0.39, 0.29) is 5.78 Å². The zero-order valence-corrected chi connectivity index (χ0v) is 8.36. The molecular formula is C10H14O4. The Balaban J connectivity index is 2.55. The minimum absolute atomic E-state index is 0.0600. The lowest BCUT2D eigenvalue weighted by atomic mass is 10.1. The third-order valence-corrected chi connectivity index (χ3v) is 1.87. The molecule has 0 aromatic heterocycles. The number of ketones is 1. The van der Waals surface area contributed by atoms with Crippen molar-refractivity contribution in [3.8, 4) is 0 Å². The Hall–Kier alpha value is -1.16. The molecule has 2 atom stereocenters. The molecule has 0 N–H and O–H groups in total. The Bertz CT molecular complexity index is 257. The third kappa shape index (κ3) is 2.96. The average Bonchev–Trinajstić information content (AvgIpc) is 2.10. The van der Waals surface area contributed by atoms with Crippen LogP contribution in [0.1, 0.15) is 26.7 Å². The van der Waals surface area contributed by atoms with Gasteiger partial charge in [0.2, 0.25) is 6.29 Å². The van der Waals surface area contributed by atoms with E-state index < -0.39 is 18.4 Å². The maximum absolute atomic E-state index is 11.3. The van der Waals surface area contributed by atoms with Crippen molar-refractivity contribution in [3.05, 3.63) is 12.2 Å². The smallest absolute Gasteiger partial charge is 0.305 e. The number of hydrogen-bond donors (Lipinski definition) is 0. The standard InChI is InChI=1S/C10H14O4/c1-3-4-9-8(12)5-6-10(14-9)13-7(2)11/h5-6,9-10H,3-4H2,1-2H3/t9-,10+/m1/s1. The van der Waals surface area contributed by atoms with E-state index in [9.17, 15) is 9.59 Å². The fraction of sp³-hybridized carbons (Fsp3) is 0.600. The summed E-state index contributed by atoms with van der Waals surface area (Å²) in [5, 5.41) is 0. The molecule has 1 aliphatic heterocycles. The highest BCUT2D eigenvalue weighted by molar-refractivity contribution is 5.94. The molecule has 78 valence electrons. The van der Waals surface area contributed by atoms with Crippen LogP contribution in [0.5, 0.6) is 0 Å². The van der Waals surface area contributed by atoms with Gasteiger partial charge in [-0.05, 0) is 18.6 Å². The molecule has 0 bridgehead atoms. The number of ether oxygens (including phenoxy) is 2. The zero-order valence-electron chi connectivity index (χ0n) is 8.36. The number of hydrogen-bond acceptors (Lipinski definition) is 4. The molecule has 1 heterocycles. The van der Waals surface area contributed by atoms with Crippen LogP contribution in [0.2, 0.25) is 0 Å². The van der Waals surface area contributed by atoms with Crippen LogP contribution < -0.4 is 0 Å². The van der Waals surface area contributed by atoms with Crippen LogP contribution >= 0.6 is 0 Å². The minimum atomic E-state index is -0.707. The summed E-state index contributed by atoms with van der Waals surface area (Å²) < 4.78 is 10.1. The van der Waals surface area contributed by atoms with Crippen molar-refractivity contribution in [2.75, 3.05) is 0 Å². The van der Waals surface area contributed by atoms with Gasteiger partial charge in [-0.1, -0.05) is 13.3 Å². The molecule has 0 unspecified atom stereocenters. The van der Waals surface area contributed by atoms with Crippen molar-refractivity contribution in [3.63, 3.8) is 0 Å². The lowest BCUT2D eigenvalue weighted by Crippen LogP contribution is -2.33. The Morgan fingerprint density at radius 1 is 1.64 bits per heavy atom. The highest BCUT2D eigenvalue weighted by atomic mass is 16.7. The second kappa shape index (κ2) is 4.91. The summed E-state index contributed by atoms with van der Waals surface area (Å²) in [6, 6.07) is 0. The maximum atomic E-state index is 11.3. The van der Waals surface area contributed by atoms with Gasteiger partial charge in [0.25, 0.3) is 0 Å². The first kappa shape index (κ1) is 10.9. The molecule has 0 radical (unpaired) electrons. The van der Waals surface area contributed by atoms with E-state index in [2.05, 4.69) is 0 Å². The van der Waals surface area contributed by atoms with Crippen LogP contribution in [0.25, 0.3) is 0 Å². The molecule has 1 rings (SSSR count). The van der Waals surface area contributed by atoms with E-state index in [1.807, 2.05) is 6.92 Å². The van der Waals surface area contributed by atoms with Crippen molar-refractivity contribution in [2.24, 2.45) is 0 Å². The summed E-state index contributed by atoms with van der Waals surface area (Å²) in [6.45, 7) is 3.28. The van der Waals surface area contributed by atoms with Crippen LogP contribution in [0.15, 0.2) is 12.2 Å². The van der Waals surface area contributed by atoms with Crippen molar-refractivity contribution >= 4 is 11.8 Å². The van der Waals surface area contributed by atoms with Crippen LogP contribution in [0.3, 0.4) is 0 Å². The second-order valence-electron chi connectivity index (χ2n) is 3.15. The summed E-state index contributed by atoms with van der Waals surface area (Å²) >= 11 is 0. The first-order chi connectivity index (χ1) is 6.63. The van der Waals surface area contributed by atoms with E-state index in [4.69, 9.17) is 9.47 Å². The van der Waals surface area contributed by atoms with Gasteiger partial charge in [0.1, 0.15) is 6.10 Å². The number of esters is 1. The van der Waals surface area contributed by atoms with Gasteiger partial charge in [0.15, 0.2) is 5.78 Å². The summed E-state index contributed by atoms with van der Waals surface area (Å²) in [4.78, 5) is 21.9. The van der Waals surface area contributed by atoms with Crippen molar-refractivity contribution in [1.82, 2.24) is 0 Å². The quantitative estimate of drug-likeness (QED) is 0.639. The molecule has 0 fully saturated rings. The monoisotopic (exact) mass is 198 g/mol.